The lowest BCUT2D eigenvalue weighted by Crippen LogP contribution is -2.60. The molecule has 0 unspecified atom stereocenters. The van der Waals surface area contributed by atoms with Crippen LogP contribution < -0.4 is 0 Å². The molecule has 220 valence electrons. The van der Waals surface area contributed by atoms with Crippen LogP contribution in [0.25, 0.3) is 0 Å². The highest BCUT2D eigenvalue weighted by atomic mass is 16.7. The average Bonchev–Trinajstić information content (AvgIpc) is 2.90. The molecule has 37 heavy (non-hydrogen) atoms. The third kappa shape index (κ3) is 7.71. The first-order valence-corrected chi connectivity index (χ1v) is 11.4. The van der Waals surface area contributed by atoms with Crippen LogP contribution in [0.3, 0.4) is 0 Å². The molecule has 14 atom stereocenters. The van der Waals surface area contributed by atoms with Crippen molar-refractivity contribution >= 4 is 0 Å². The van der Waals surface area contributed by atoms with Gasteiger partial charge in [0.25, 0.3) is 0 Å². The van der Waals surface area contributed by atoms with E-state index < -0.39 is 112 Å². The van der Waals surface area contributed by atoms with Gasteiger partial charge in [-0.05, 0) is 0 Å². The number of hydrogen-bond donors (Lipinski definition) is 11. The van der Waals surface area contributed by atoms with E-state index in [-0.39, 0.29) is 0 Å². The zero-order valence-corrected chi connectivity index (χ0v) is 20.2. The lowest BCUT2D eigenvalue weighted by atomic mass is 9.99. The highest BCUT2D eigenvalue weighted by molar-refractivity contribution is 4.91. The molecule has 0 aromatic heterocycles. The monoisotopic (exact) mass is 550 g/mol. The van der Waals surface area contributed by atoms with Crippen LogP contribution in [0.15, 0.2) is 0 Å². The molecule has 0 spiro atoms. The SMILES string of the molecule is CO[C@H]1O[C@H](COC(OC[C@H]2O[C@H](OC)[C@H](O)[C@@H](O)[C@@H]2O)[C@@H](O)[C@H](O)[C@H](O)[C@@H](O)CO)[C@@H](O)[C@H](O)[C@H]1O. The third-order valence-corrected chi connectivity index (χ3v) is 6.21. The van der Waals surface area contributed by atoms with Crippen LogP contribution in [0.2, 0.25) is 0 Å². The van der Waals surface area contributed by atoms with Gasteiger partial charge >= 0.3 is 0 Å². The molecule has 0 radical (unpaired) electrons. The quantitative estimate of drug-likeness (QED) is 0.0950. The molecule has 0 aromatic carbocycles. The Morgan fingerprint density at radius 3 is 1.35 bits per heavy atom. The van der Waals surface area contributed by atoms with Gasteiger partial charge in [-0.25, -0.2) is 0 Å². The highest BCUT2D eigenvalue weighted by Gasteiger charge is 2.47. The Labute approximate surface area is 211 Å². The molecular weight excluding hydrogens is 512 g/mol. The Balaban J connectivity index is 2.15. The molecule has 2 heterocycles. The largest absolute Gasteiger partial charge is 0.394 e. The van der Waals surface area contributed by atoms with Gasteiger partial charge in [-0.15, -0.1) is 0 Å². The van der Waals surface area contributed by atoms with Gasteiger partial charge < -0.3 is 84.6 Å². The molecule has 2 saturated heterocycles. The van der Waals surface area contributed by atoms with E-state index in [0.29, 0.717) is 0 Å². The second-order valence-corrected chi connectivity index (χ2v) is 8.76. The normalized spacial score (nSPS) is 41.1. The van der Waals surface area contributed by atoms with Crippen molar-refractivity contribution in [3.8, 4) is 0 Å². The standard InChI is InChI=1S/C20H38O17/c1-32-18-15(29)13(27)10(24)7(36-18)4-34-20(17(31)12(26)9(23)6(22)3-21)35-5-8-11(25)14(28)16(30)19(33-2)37-8/h6-31H,3-5H2,1-2H3/t6-,7+,8+,9+,10+,11+,12+,13-,14-,15+,16+,17-,18-,19-/m0/s1. The van der Waals surface area contributed by atoms with Crippen LogP contribution in [0.5, 0.6) is 0 Å². The summed E-state index contributed by atoms with van der Waals surface area (Å²) in [5.74, 6) is 0. The van der Waals surface area contributed by atoms with Crippen molar-refractivity contribution in [2.24, 2.45) is 0 Å². The molecule has 2 aliphatic rings. The molecule has 11 N–H and O–H groups in total. The molecule has 2 aliphatic heterocycles. The van der Waals surface area contributed by atoms with Crippen molar-refractivity contribution in [3.05, 3.63) is 0 Å². The topological polar surface area (TPSA) is 278 Å². The Hall–Kier alpha value is -0.680. The minimum absolute atomic E-state index is 0.645. The van der Waals surface area contributed by atoms with Crippen molar-refractivity contribution in [1.82, 2.24) is 0 Å². The molecule has 2 rings (SSSR count). The summed E-state index contributed by atoms with van der Waals surface area (Å²) in [6.45, 7) is -2.25. The molecule has 17 nitrogen and oxygen atoms in total. The molecule has 17 heteroatoms. The predicted octanol–water partition coefficient (Wildman–Crippen LogP) is -7.31. The summed E-state index contributed by atoms with van der Waals surface area (Å²) < 4.78 is 31.2. The highest BCUT2D eigenvalue weighted by Crippen LogP contribution is 2.25. The van der Waals surface area contributed by atoms with E-state index in [2.05, 4.69) is 0 Å². The number of methoxy groups -OCH3 is 2. The third-order valence-electron chi connectivity index (χ3n) is 6.21. The van der Waals surface area contributed by atoms with Gasteiger partial charge in [-0.2, -0.15) is 0 Å². The van der Waals surface area contributed by atoms with Gasteiger partial charge in [0.15, 0.2) is 18.9 Å². The maximum Gasteiger partial charge on any atom is 0.186 e. The first kappa shape index (κ1) is 32.5. The van der Waals surface area contributed by atoms with E-state index in [1.807, 2.05) is 0 Å². The van der Waals surface area contributed by atoms with Gasteiger partial charge in [-0.3, -0.25) is 0 Å². The van der Waals surface area contributed by atoms with Crippen LogP contribution in [-0.4, -0.2) is 182 Å². The van der Waals surface area contributed by atoms with Crippen molar-refractivity contribution in [3.63, 3.8) is 0 Å². The Morgan fingerprint density at radius 1 is 0.595 bits per heavy atom. The number of aliphatic hydroxyl groups excluding tert-OH is 11. The van der Waals surface area contributed by atoms with Gasteiger partial charge in [0, 0.05) is 14.2 Å². The fraction of sp³-hybridized carbons (Fsp3) is 1.00. The van der Waals surface area contributed by atoms with E-state index in [0.717, 1.165) is 0 Å². The van der Waals surface area contributed by atoms with Crippen molar-refractivity contribution in [2.75, 3.05) is 34.0 Å². The molecule has 0 amide bonds. The predicted molar refractivity (Wildman–Crippen MR) is 114 cm³/mol. The first-order valence-electron chi connectivity index (χ1n) is 11.4. The number of aliphatic hydroxyl groups is 11. The van der Waals surface area contributed by atoms with Gasteiger partial charge in [0.1, 0.15) is 73.2 Å². The van der Waals surface area contributed by atoms with Crippen LogP contribution in [0, 0.1) is 0 Å². The summed E-state index contributed by atoms with van der Waals surface area (Å²) in [5, 5.41) is 110. The van der Waals surface area contributed by atoms with E-state index in [9.17, 15) is 51.1 Å². The maximum atomic E-state index is 10.6. The summed E-state index contributed by atoms with van der Waals surface area (Å²) in [4.78, 5) is 0. The fourth-order valence-corrected chi connectivity index (χ4v) is 3.82. The van der Waals surface area contributed by atoms with Crippen LogP contribution in [0.4, 0.5) is 0 Å². The molecule has 0 aromatic rings. The van der Waals surface area contributed by atoms with Crippen LogP contribution >= 0.6 is 0 Å². The fourth-order valence-electron chi connectivity index (χ4n) is 3.82. The van der Waals surface area contributed by atoms with Crippen molar-refractivity contribution in [2.45, 2.75) is 92.1 Å². The number of hydrogen-bond acceptors (Lipinski definition) is 17. The zero-order valence-electron chi connectivity index (χ0n) is 20.2. The van der Waals surface area contributed by atoms with Gasteiger partial charge in [0.05, 0.1) is 19.8 Å². The summed E-state index contributed by atoms with van der Waals surface area (Å²) in [7, 11) is 2.34. The molecule has 0 saturated carbocycles. The maximum absolute atomic E-state index is 10.6. The second-order valence-electron chi connectivity index (χ2n) is 8.76. The summed E-state index contributed by atoms with van der Waals surface area (Å²) >= 11 is 0. The minimum atomic E-state index is -2.15. The van der Waals surface area contributed by atoms with E-state index in [1.165, 1.54) is 14.2 Å². The van der Waals surface area contributed by atoms with Crippen molar-refractivity contribution in [1.29, 1.82) is 0 Å². The summed E-state index contributed by atoms with van der Waals surface area (Å²) in [6, 6.07) is 0. The molecular formula is C20H38O17. The van der Waals surface area contributed by atoms with E-state index in [4.69, 9.17) is 33.5 Å². The molecule has 0 aliphatic carbocycles. The van der Waals surface area contributed by atoms with E-state index in [1.54, 1.807) is 0 Å². The Morgan fingerprint density at radius 2 is 1.00 bits per heavy atom. The first-order chi connectivity index (χ1) is 17.4. The summed E-state index contributed by atoms with van der Waals surface area (Å²) in [5.41, 5.74) is 0. The number of rotatable bonds is 13. The minimum Gasteiger partial charge on any atom is -0.394 e. The van der Waals surface area contributed by atoms with Gasteiger partial charge in [0.2, 0.25) is 0 Å². The molecule has 0 bridgehead atoms. The molecule has 2 fully saturated rings. The van der Waals surface area contributed by atoms with Crippen LogP contribution in [0.1, 0.15) is 0 Å². The lowest BCUT2D eigenvalue weighted by molar-refractivity contribution is -0.321. The Kier molecular flexibility index (Phi) is 12.9. The van der Waals surface area contributed by atoms with Gasteiger partial charge in [-0.1, -0.05) is 0 Å². The summed E-state index contributed by atoms with van der Waals surface area (Å²) in [6.07, 6.45) is -25.4. The average molecular weight is 551 g/mol. The lowest BCUT2D eigenvalue weighted by Gasteiger charge is -2.41. The number of ether oxygens (including phenoxy) is 6. The smallest absolute Gasteiger partial charge is 0.186 e. The van der Waals surface area contributed by atoms with Crippen LogP contribution in [-0.2, 0) is 28.4 Å². The van der Waals surface area contributed by atoms with Crippen molar-refractivity contribution < 1.29 is 84.6 Å². The zero-order chi connectivity index (χ0) is 28.0. The second kappa shape index (κ2) is 14.6. The van der Waals surface area contributed by atoms with E-state index >= 15 is 0 Å². The Bertz CT molecular complexity index is 614.